The van der Waals surface area contributed by atoms with Crippen LogP contribution in [0, 0.1) is 0 Å². The van der Waals surface area contributed by atoms with Crippen LogP contribution in [0.15, 0.2) is 21.4 Å². The molecule has 1 unspecified atom stereocenters. The molecule has 15 heavy (non-hydrogen) atoms. The summed E-state index contributed by atoms with van der Waals surface area (Å²) in [4.78, 5) is 11.6. The standard InChI is InChI=1S/C10H14BrNO3/c1-3-14-7(2)6-12-10(13)8-4-5-15-9(8)11/h4-5,7H,3,6H2,1-2H3,(H,12,13). The molecule has 5 heteroatoms. The van der Waals surface area contributed by atoms with Gasteiger partial charge in [0.25, 0.3) is 5.91 Å². The van der Waals surface area contributed by atoms with Crippen molar-refractivity contribution in [3.8, 4) is 0 Å². The van der Waals surface area contributed by atoms with Crippen LogP contribution < -0.4 is 5.32 Å². The summed E-state index contributed by atoms with van der Waals surface area (Å²) in [6.07, 6.45) is 1.48. The second kappa shape index (κ2) is 5.92. The van der Waals surface area contributed by atoms with Crippen molar-refractivity contribution in [2.45, 2.75) is 20.0 Å². The minimum absolute atomic E-state index is 0.0182. The highest BCUT2D eigenvalue weighted by atomic mass is 79.9. The number of furan rings is 1. The van der Waals surface area contributed by atoms with E-state index in [2.05, 4.69) is 21.2 Å². The Morgan fingerprint density at radius 3 is 3.00 bits per heavy atom. The molecular formula is C10H14BrNO3. The van der Waals surface area contributed by atoms with Crippen molar-refractivity contribution in [2.24, 2.45) is 0 Å². The first-order chi connectivity index (χ1) is 7.15. The van der Waals surface area contributed by atoms with Gasteiger partial charge in [-0.15, -0.1) is 0 Å². The molecule has 0 aliphatic heterocycles. The molecule has 4 nitrogen and oxygen atoms in total. The van der Waals surface area contributed by atoms with E-state index in [9.17, 15) is 4.79 Å². The molecule has 1 rings (SSSR count). The maximum Gasteiger partial charge on any atom is 0.255 e. The molecule has 0 bridgehead atoms. The average Bonchev–Trinajstić information content (AvgIpc) is 2.61. The van der Waals surface area contributed by atoms with Crippen molar-refractivity contribution in [3.05, 3.63) is 22.6 Å². The van der Waals surface area contributed by atoms with Gasteiger partial charge in [0, 0.05) is 13.2 Å². The number of carbonyl (C=O) groups excluding carboxylic acids is 1. The summed E-state index contributed by atoms with van der Waals surface area (Å²) in [5.74, 6) is -0.165. The molecule has 0 aromatic carbocycles. The largest absolute Gasteiger partial charge is 0.457 e. The summed E-state index contributed by atoms with van der Waals surface area (Å²) in [6, 6.07) is 1.62. The Morgan fingerprint density at radius 2 is 2.47 bits per heavy atom. The molecule has 0 aliphatic carbocycles. The predicted octanol–water partition coefficient (Wildman–Crippen LogP) is 2.20. The van der Waals surface area contributed by atoms with Gasteiger partial charge in [-0.3, -0.25) is 4.79 Å². The van der Waals surface area contributed by atoms with Crippen LogP contribution in [0.3, 0.4) is 0 Å². The highest BCUT2D eigenvalue weighted by Gasteiger charge is 2.12. The number of nitrogens with one attached hydrogen (secondary N) is 1. The number of amides is 1. The molecule has 0 aliphatic rings. The summed E-state index contributed by atoms with van der Waals surface area (Å²) >= 11 is 3.15. The van der Waals surface area contributed by atoms with Crippen molar-refractivity contribution >= 4 is 21.8 Å². The number of carbonyl (C=O) groups is 1. The van der Waals surface area contributed by atoms with Crippen LogP contribution >= 0.6 is 15.9 Å². The molecule has 0 spiro atoms. The summed E-state index contributed by atoms with van der Waals surface area (Å²) in [5.41, 5.74) is 0.499. The lowest BCUT2D eigenvalue weighted by atomic mass is 10.3. The zero-order chi connectivity index (χ0) is 11.3. The van der Waals surface area contributed by atoms with E-state index in [1.54, 1.807) is 6.07 Å². The van der Waals surface area contributed by atoms with Crippen molar-refractivity contribution in [1.82, 2.24) is 5.32 Å². The Balaban J connectivity index is 2.40. The first-order valence-electron chi connectivity index (χ1n) is 4.78. The van der Waals surface area contributed by atoms with Crippen LogP contribution in [0.1, 0.15) is 24.2 Å². The third-order valence-electron chi connectivity index (χ3n) is 1.86. The van der Waals surface area contributed by atoms with Gasteiger partial charge in [-0.2, -0.15) is 0 Å². The molecule has 0 saturated carbocycles. The fourth-order valence-corrected chi connectivity index (χ4v) is 1.55. The molecule has 0 saturated heterocycles. The monoisotopic (exact) mass is 275 g/mol. The zero-order valence-corrected chi connectivity index (χ0v) is 10.3. The minimum atomic E-state index is -0.165. The lowest BCUT2D eigenvalue weighted by Crippen LogP contribution is -2.32. The van der Waals surface area contributed by atoms with Crippen molar-refractivity contribution in [3.63, 3.8) is 0 Å². The molecule has 1 aromatic rings. The quantitative estimate of drug-likeness (QED) is 0.896. The van der Waals surface area contributed by atoms with E-state index in [0.717, 1.165) is 0 Å². The Bertz CT molecular complexity index is 324. The molecule has 1 aromatic heterocycles. The van der Waals surface area contributed by atoms with Crippen LogP contribution in [0.5, 0.6) is 0 Å². The zero-order valence-electron chi connectivity index (χ0n) is 8.75. The molecule has 0 fully saturated rings. The first-order valence-corrected chi connectivity index (χ1v) is 5.57. The Hall–Kier alpha value is -0.810. The predicted molar refractivity (Wildman–Crippen MR) is 59.8 cm³/mol. The molecule has 1 N–H and O–H groups in total. The van der Waals surface area contributed by atoms with Gasteiger partial charge in [-0.05, 0) is 35.8 Å². The van der Waals surface area contributed by atoms with E-state index in [1.807, 2.05) is 13.8 Å². The smallest absolute Gasteiger partial charge is 0.255 e. The summed E-state index contributed by atoms with van der Waals surface area (Å²) in [6.45, 7) is 4.97. The van der Waals surface area contributed by atoms with E-state index < -0.39 is 0 Å². The van der Waals surface area contributed by atoms with E-state index in [1.165, 1.54) is 6.26 Å². The summed E-state index contributed by atoms with van der Waals surface area (Å²) in [5, 5.41) is 2.76. The SMILES string of the molecule is CCOC(C)CNC(=O)c1ccoc1Br. The third kappa shape index (κ3) is 3.68. The maximum atomic E-state index is 11.6. The van der Waals surface area contributed by atoms with E-state index >= 15 is 0 Å². The van der Waals surface area contributed by atoms with E-state index in [4.69, 9.17) is 9.15 Å². The van der Waals surface area contributed by atoms with Crippen LogP contribution in [0.2, 0.25) is 0 Å². The Kier molecular flexibility index (Phi) is 4.84. The number of rotatable bonds is 5. The van der Waals surface area contributed by atoms with Gasteiger partial charge in [0.05, 0.1) is 17.9 Å². The van der Waals surface area contributed by atoms with Gasteiger partial charge in [0.2, 0.25) is 0 Å². The molecule has 1 heterocycles. The topological polar surface area (TPSA) is 51.5 Å². The van der Waals surface area contributed by atoms with E-state index in [0.29, 0.717) is 23.4 Å². The van der Waals surface area contributed by atoms with Gasteiger partial charge in [0.15, 0.2) is 4.67 Å². The van der Waals surface area contributed by atoms with Crippen molar-refractivity contribution in [2.75, 3.05) is 13.2 Å². The summed E-state index contributed by atoms with van der Waals surface area (Å²) in [7, 11) is 0. The summed E-state index contributed by atoms with van der Waals surface area (Å²) < 4.78 is 10.7. The first kappa shape index (κ1) is 12.3. The normalized spacial score (nSPS) is 12.5. The number of hydrogen-bond donors (Lipinski definition) is 1. The van der Waals surface area contributed by atoms with Gasteiger partial charge in [-0.25, -0.2) is 0 Å². The lowest BCUT2D eigenvalue weighted by molar-refractivity contribution is 0.0694. The fourth-order valence-electron chi connectivity index (χ4n) is 1.13. The second-order valence-corrected chi connectivity index (χ2v) is 3.80. The fraction of sp³-hybridized carbons (Fsp3) is 0.500. The minimum Gasteiger partial charge on any atom is -0.457 e. The van der Waals surface area contributed by atoms with Crippen molar-refractivity contribution < 1.29 is 13.9 Å². The third-order valence-corrected chi connectivity index (χ3v) is 2.48. The van der Waals surface area contributed by atoms with Gasteiger partial charge < -0.3 is 14.5 Å². The van der Waals surface area contributed by atoms with Gasteiger partial charge in [-0.1, -0.05) is 0 Å². The van der Waals surface area contributed by atoms with Gasteiger partial charge >= 0.3 is 0 Å². The molecule has 0 radical (unpaired) electrons. The van der Waals surface area contributed by atoms with Crippen LogP contribution in [-0.4, -0.2) is 25.2 Å². The average molecular weight is 276 g/mol. The van der Waals surface area contributed by atoms with Crippen LogP contribution in [0.4, 0.5) is 0 Å². The molecule has 1 atom stereocenters. The molecule has 84 valence electrons. The van der Waals surface area contributed by atoms with Gasteiger partial charge in [0.1, 0.15) is 0 Å². The van der Waals surface area contributed by atoms with Crippen molar-refractivity contribution in [1.29, 1.82) is 0 Å². The lowest BCUT2D eigenvalue weighted by Gasteiger charge is -2.11. The highest BCUT2D eigenvalue weighted by molar-refractivity contribution is 9.10. The number of halogens is 1. The number of ether oxygens (including phenoxy) is 1. The highest BCUT2D eigenvalue weighted by Crippen LogP contribution is 2.16. The van der Waals surface area contributed by atoms with Crippen LogP contribution in [-0.2, 0) is 4.74 Å². The molecular weight excluding hydrogens is 262 g/mol. The Labute approximate surface area is 97.1 Å². The van der Waals surface area contributed by atoms with E-state index in [-0.39, 0.29) is 12.0 Å². The number of hydrogen-bond acceptors (Lipinski definition) is 3. The molecule has 1 amide bonds. The second-order valence-electron chi connectivity index (χ2n) is 3.08. The Morgan fingerprint density at radius 1 is 1.73 bits per heavy atom. The maximum absolute atomic E-state index is 11.6. The van der Waals surface area contributed by atoms with Crippen LogP contribution in [0.25, 0.3) is 0 Å².